The van der Waals surface area contributed by atoms with Crippen LogP contribution < -0.4 is 15.5 Å². The molecule has 0 aliphatic carbocycles. The maximum atomic E-state index is 12.9. The predicted molar refractivity (Wildman–Crippen MR) is 117 cm³/mol. The zero-order valence-electron chi connectivity index (χ0n) is 17.8. The lowest BCUT2D eigenvalue weighted by Crippen LogP contribution is -2.44. The number of hydrogen-bond donors (Lipinski definition) is 3. The second-order valence-electron chi connectivity index (χ2n) is 7.70. The van der Waals surface area contributed by atoms with Gasteiger partial charge < -0.3 is 15.5 Å². The number of unbranched alkanes of at least 4 members (excludes halogenated alkanes) is 1. The molecule has 1 unspecified atom stereocenters. The summed E-state index contributed by atoms with van der Waals surface area (Å²) in [4.78, 5) is 38.5. The lowest BCUT2D eigenvalue weighted by atomic mass is 10.1. The first-order valence-corrected chi connectivity index (χ1v) is 10.6. The number of carbonyl (C=O) groups is 2. The molecule has 10 nitrogen and oxygen atoms in total. The van der Waals surface area contributed by atoms with Crippen LogP contribution in [0.4, 0.5) is 17.1 Å². The minimum absolute atomic E-state index is 0.184. The van der Waals surface area contributed by atoms with Gasteiger partial charge in [0.1, 0.15) is 11.7 Å². The van der Waals surface area contributed by atoms with E-state index >= 15 is 0 Å². The molecule has 2 aromatic rings. The molecule has 0 bridgehead atoms. The molecular formula is C21H28N6O4. The Morgan fingerprint density at radius 3 is 2.74 bits per heavy atom. The van der Waals surface area contributed by atoms with Crippen molar-refractivity contribution < 1.29 is 14.5 Å². The summed E-state index contributed by atoms with van der Waals surface area (Å²) in [7, 11) is 0. The quantitative estimate of drug-likeness (QED) is 0.415. The largest absolute Gasteiger partial charge is 0.371 e. The lowest BCUT2D eigenvalue weighted by Gasteiger charge is -2.20. The number of nitro groups is 1. The van der Waals surface area contributed by atoms with Gasteiger partial charge in [-0.15, -0.1) is 0 Å². The van der Waals surface area contributed by atoms with Crippen LogP contribution in [0.1, 0.15) is 55.2 Å². The topological polar surface area (TPSA) is 133 Å². The van der Waals surface area contributed by atoms with Crippen LogP contribution in [0.3, 0.4) is 0 Å². The van der Waals surface area contributed by atoms with Crippen molar-refractivity contribution in [3.8, 4) is 0 Å². The van der Waals surface area contributed by atoms with E-state index in [1.165, 1.54) is 6.92 Å². The molecule has 31 heavy (non-hydrogen) atoms. The SMILES string of the molecule is CCCCC(NC(=O)c1n[nH]c(C)c1[N+](=O)[O-])C(=O)Nc1cccc(N2CCCC2)c1. The molecule has 1 aliphatic heterocycles. The van der Waals surface area contributed by atoms with Crippen molar-refractivity contribution >= 4 is 28.9 Å². The number of benzene rings is 1. The summed E-state index contributed by atoms with van der Waals surface area (Å²) >= 11 is 0. The Hall–Kier alpha value is -3.43. The predicted octanol–water partition coefficient (Wildman–Crippen LogP) is 3.15. The molecule has 2 amide bonds. The van der Waals surface area contributed by atoms with Crippen LogP contribution >= 0.6 is 0 Å². The van der Waals surface area contributed by atoms with Crippen LogP contribution in [0.2, 0.25) is 0 Å². The number of anilines is 2. The number of hydrogen-bond acceptors (Lipinski definition) is 6. The summed E-state index contributed by atoms with van der Waals surface area (Å²) in [6, 6.07) is 6.79. The molecule has 3 N–H and O–H groups in total. The summed E-state index contributed by atoms with van der Waals surface area (Å²) in [5.74, 6) is -1.12. The average Bonchev–Trinajstić information content (AvgIpc) is 3.41. The Bertz CT molecular complexity index is 951. The number of aromatic amines is 1. The number of nitrogens with zero attached hydrogens (tertiary/aromatic N) is 3. The Morgan fingerprint density at radius 1 is 1.32 bits per heavy atom. The fraction of sp³-hybridized carbons (Fsp3) is 0.476. The molecule has 166 valence electrons. The van der Waals surface area contributed by atoms with Crippen LogP contribution in [-0.2, 0) is 4.79 Å². The molecule has 2 heterocycles. The standard InChI is InChI=1S/C21H28N6O4/c1-3-4-10-17(23-21(29)18-19(27(30)31)14(2)24-25-18)20(28)22-15-8-7-9-16(13-15)26-11-5-6-12-26/h7-9,13,17H,3-6,10-12H2,1-2H3,(H,22,28)(H,23,29)(H,24,25). The third-order valence-corrected chi connectivity index (χ3v) is 5.37. The van der Waals surface area contributed by atoms with Gasteiger partial charge in [-0.05, 0) is 44.4 Å². The fourth-order valence-corrected chi connectivity index (χ4v) is 3.69. The molecule has 3 rings (SSSR count). The molecule has 0 spiro atoms. The van der Waals surface area contributed by atoms with Gasteiger partial charge in [-0.1, -0.05) is 25.8 Å². The van der Waals surface area contributed by atoms with Gasteiger partial charge in [0.15, 0.2) is 0 Å². The summed E-state index contributed by atoms with van der Waals surface area (Å²) in [6.45, 7) is 5.44. The number of rotatable bonds is 9. The lowest BCUT2D eigenvalue weighted by molar-refractivity contribution is -0.385. The van der Waals surface area contributed by atoms with E-state index in [0.717, 1.165) is 38.0 Å². The van der Waals surface area contributed by atoms with E-state index in [-0.39, 0.29) is 23.0 Å². The van der Waals surface area contributed by atoms with Gasteiger partial charge in [-0.25, -0.2) is 0 Å². The number of aromatic nitrogens is 2. The Balaban J connectivity index is 1.73. The van der Waals surface area contributed by atoms with Crippen molar-refractivity contribution in [1.29, 1.82) is 0 Å². The van der Waals surface area contributed by atoms with Crippen molar-refractivity contribution in [2.24, 2.45) is 0 Å². The van der Waals surface area contributed by atoms with Crippen molar-refractivity contribution in [1.82, 2.24) is 15.5 Å². The molecule has 10 heteroatoms. The minimum atomic E-state index is -0.834. The molecule has 1 aromatic carbocycles. The summed E-state index contributed by atoms with van der Waals surface area (Å²) in [5.41, 5.74) is 1.17. The van der Waals surface area contributed by atoms with Gasteiger partial charge in [0.05, 0.1) is 4.92 Å². The van der Waals surface area contributed by atoms with E-state index in [4.69, 9.17) is 0 Å². The number of amides is 2. The smallest absolute Gasteiger partial charge is 0.322 e. The van der Waals surface area contributed by atoms with Gasteiger partial charge in [-0.3, -0.25) is 24.8 Å². The molecular weight excluding hydrogens is 400 g/mol. The maximum Gasteiger partial charge on any atom is 0.322 e. The third kappa shape index (κ3) is 5.39. The van der Waals surface area contributed by atoms with E-state index in [1.54, 1.807) is 6.07 Å². The Kier molecular flexibility index (Phi) is 7.22. The van der Waals surface area contributed by atoms with Crippen molar-refractivity contribution in [3.05, 3.63) is 45.8 Å². The minimum Gasteiger partial charge on any atom is -0.371 e. The first kappa shape index (κ1) is 22.3. The monoisotopic (exact) mass is 428 g/mol. The van der Waals surface area contributed by atoms with Crippen molar-refractivity contribution in [2.45, 2.75) is 52.0 Å². The highest BCUT2D eigenvalue weighted by molar-refractivity contribution is 6.02. The highest BCUT2D eigenvalue weighted by atomic mass is 16.6. The van der Waals surface area contributed by atoms with Crippen LogP contribution in [-0.4, -0.2) is 46.1 Å². The summed E-state index contributed by atoms with van der Waals surface area (Å²) in [5, 5.41) is 23.0. The van der Waals surface area contributed by atoms with Gasteiger partial charge in [0, 0.05) is 24.5 Å². The van der Waals surface area contributed by atoms with E-state index in [9.17, 15) is 19.7 Å². The maximum absolute atomic E-state index is 12.9. The van der Waals surface area contributed by atoms with Crippen LogP contribution in [0, 0.1) is 17.0 Å². The molecule has 1 aliphatic rings. The second kappa shape index (κ2) is 10.1. The Labute approximate surface area is 180 Å². The van der Waals surface area contributed by atoms with E-state index < -0.39 is 16.9 Å². The molecule has 1 fully saturated rings. The van der Waals surface area contributed by atoms with Crippen molar-refractivity contribution in [2.75, 3.05) is 23.3 Å². The first-order chi connectivity index (χ1) is 14.9. The number of carbonyl (C=O) groups excluding carboxylic acids is 2. The number of aryl methyl sites for hydroxylation is 1. The Morgan fingerprint density at radius 2 is 2.06 bits per heavy atom. The zero-order valence-corrected chi connectivity index (χ0v) is 17.8. The summed E-state index contributed by atoms with van der Waals surface area (Å²) in [6.07, 6.45) is 4.28. The van der Waals surface area contributed by atoms with E-state index in [1.807, 2.05) is 25.1 Å². The van der Waals surface area contributed by atoms with Gasteiger partial charge >= 0.3 is 5.69 Å². The normalized spacial score (nSPS) is 14.3. The van der Waals surface area contributed by atoms with Crippen LogP contribution in [0.25, 0.3) is 0 Å². The third-order valence-electron chi connectivity index (χ3n) is 5.37. The van der Waals surface area contributed by atoms with Gasteiger partial charge in [0.2, 0.25) is 11.6 Å². The summed E-state index contributed by atoms with van der Waals surface area (Å²) < 4.78 is 0. The molecule has 1 aromatic heterocycles. The second-order valence-corrected chi connectivity index (χ2v) is 7.70. The highest BCUT2D eigenvalue weighted by Gasteiger charge is 2.30. The van der Waals surface area contributed by atoms with Crippen LogP contribution in [0.15, 0.2) is 24.3 Å². The highest BCUT2D eigenvalue weighted by Crippen LogP contribution is 2.24. The zero-order chi connectivity index (χ0) is 22.4. The molecule has 1 atom stereocenters. The molecule has 0 saturated carbocycles. The van der Waals surface area contributed by atoms with Gasteiger partial charge in [-0.2, -0.15) is 5.10 Å². The fourth-order valence-electron chi connectivity index (χ4n) is 3.69. The first-order valence-electron chi connectivity index (χ1n) is 10.6. The van der Waals surface area contributed by atoms with Crippen molar-refractivity contribution in [3.63, 3.8) is 0 Å². The molecule has 0 radical (unpaired) electrons. The number of nitrogens with one attached hydrogen (secondary N) is 3. The average molecular weight is 428 g/mol. The van der Waals surface area contributed by atoms with E-state index in [0.29, 0.717) is 18.5 Å². The molecule has 1 saturated heterocycles. The van der Waals surface area contributed by atoms with Gasteiger partial charge in [0.25, 0.3) is 5.91 Å². The number of H-pyrrole nitrogens is 1. The van der Waals surface area contributed by atoms with Crippen LogP contribution in [0.5, 0.6) is 0 Å². The van der Waals surface area contributed by atoms with E-state index in [2.05, 4.69) is 25.7 Å².